The number of rotatable bonds is 6. The molecule has 2 heteroatoms. The fraction of sp³-hybridized carbons (Fsp3) is 1.00. The molecule has 2 N–H and O–H groups in total. The van der Waals surface area contributed by atoms with Gasteiger partial charge in [0.05, 0.1) is 0 Å². The molecule has 0 spiro atoms. The molecule has 0 amide bonds. The van der Waals surface area contributed by atoms with E-state index in [0.717, 1.165) is 13.0 Å². The van der Waals surface area contributed by atoms with Crippen molar-refractivity contribution < 1.29 is 0 Å². The van der Waals surface area contributed by atoms with Gasteiger partial charge in [-0.05, 0) is 44.6 Å². The monoisotopic (exact) mass is 226 g/mol. The summed E-state index contributed by atoms with van der Waals surface area (Å²) in [6, 6.07) is 0. The van der Waals surface area contributed by atoms with Crippen molar-refractivity contribution in [3.05, 3.63) is 0 Å². The maximum Gasteiger partial charge on any atom is 0.0254 e. The molecule has 0 aliphatic carbocycles. The second-order valence-corrected chi connectivity index (χ2v) is 6.07. The summed E-state index contributed by atoms with van der Waals surface area (Å²) in [4.78, 5) is 2.59. The van der Waals surface area contributed by atoms with Gasteiger partial charge in [-0.1, -0.05) is 27.2 Å². The number of hydrogen-bond acceptors (Lipinski definition) is 2. The lowest BCUT2D eigenvalue weighted by Gasteiger charge is -2.32. The summed E-state index contributed by atoms with van der Waals surface area (Å²) >= 11 is 0. The summed E-state index contributed by atoms with van der Waals surface area (Å²) < 4.78 is 0. The van der Waals surface area contributed by atoms with Gasteiger partial charge in [-0.25, -0.2) is 0 Å². The van der Waals surface area contributed by atoms with Gasteiger partial charge in [0.2, 0.25) is 0 Å². The molecule has 2 nitrogen and oxygen atoms in total. The summed E-state index contributed by atoms with van der Waals surface area (Å²) in [6.07, 6.45) is 6.31. The van der Waals surface area contributed by atoms with Crippen LogP contribution in [-0.4, -0.2) is 30.1 Å². The van der Waals surface area contributed by atoms with Crippen LogP contribution >= 0.6 is 0 Å². The van der Waals surface area contributed by atoms with Gasteiger partial charge in [0.1, 0.15) is 0 Å². The first kappa shape index (κ1) is 14.0. The van der Waals surface area contributed by atoms with E-state index in [1.165, 1.54) is 38.8 Å². The Labute approximate surface area is 102 Å². The molecule has 1 atom stereocenters. The Hall–Kier alpha value is -0.0800. The van der Waals surface area contributed by atoms with E-state index in [9.17, 15) is 0 Å². The van der Waals surface area contributed by atoms with Gasteiger partial charge < -0.3 is 10.6 Å². The standard InChI is InChI=1S/C14H30N2/c1-5-8-13(4,15)11-16-10-9-14(6-2,7-3)12-16/h5-12,15H2,1-4H3. The van der Waals surface area contributed by atoms with E-state index in [0.29, 0.717) is 5.41 Å². The average Bonchev–Trinajstić information content (AvgIpc) is 2.61. The molecule has 1 rings (SSSR count). The lowest BCUT2D eigenvalue weighted by molar-refractivity contribution is 0.204. The number of likely N-dealkylation sites (tertiary alicyclic amines) is 1. The van der Waals surface area contributed by atoms with E-state index in [1.54, 1.807) is 0 Å². The molecule has 0 radical (unpaired) electrons. The first-order valence-corrected chi connectivity index (χ1v) is 6.98. The van der Waals surface area contributed by atoms with Gasteiger partial charge in [-0.2, -0.15) is 0 Å². The van der Waals surface area contributed by atoms with Gasteiger partial charge in [0.25, 0.3) is 0 Å². The summed E-state index contributed by atoms with van der Waals surface area (Å²) in [5.41, 5.74) is 6.93. The van der Waals surface area contributed by atoms with E-state index >= 15 is 0 Å². The molecule has 1 aliphatic rings. The molecular weight excluding hydrogens is 196 g/mol. The third-order valence-electron chi connectivity index (χ3n) is 4.42. The van der Waals surface area contributed by atoms with E-state index in [2.05, 4.69) is 32.6 Å². The van der Waals surface area contributed by atoms with Gasteiger partial charge in [0, 0.05) is 18.6 Å². The third kappa shape index (κ3) is 3.46. The van der Waals surface area contributed by atoms with Crippen LogP contribution in [-0.2, 0) is 0 Å². The largest absolute Gasteiger partial charge is 0.324 e. The number of nitrogens with two attached hydrogens (primary N) is 1. The molecule has 96 valence electrons. The Morgan fingerprint density at radius 1 is 1.25 bits per heavy atom. The van der Waals surface area contributed by atoms with Gasteiger partial charge in [-0.15, -0.1) is 0 Å². The predicted molar refractivity (Wildman–Crippen MR) is 71.6 cm³/mol. The van der Waals surface area contributed by atoms with E-state index < -0.39 is 0 Å². The van der Waals surface area contributed by atoms with Crippen LogP contribution in [0.2, 0.25) is 0 Å². The van der Waals surface area contributed by atoms with Crippen LogP contribution in [0.4, 0.5) is 0 Å². The van der Waals surface area contributed by atoms with Crippen molar-refractivity contribution >= 4 is 0 Å². The van der Waals surface area contributed by atoms with Crippen molar-refractivity contribution in [2.45, 2.75) is 65.3 Å². The fourth-order valence-electron chi connectivity index (χ4n) is 3.15. The molecule has 1 fully saturated rings. The highest BCUT2D eigenvalue weighted by Crippen LogP contribution is 2.37. The predicted octanol–water partition coefficient (Wildman–Crippen LogP) is 3.02. The van der Waals surface area contributed by atoms with Crippen molar-refractivity contribution in [3.63, 3.8) is 0 Å². The van der Waals surface area contributed by atoms with Crippen LogP contribution < -0.4 is 5.73 Å². The zero-order valence-corrected chi connectivity index (χ0v) is 11.7. The minimum absolute atomic E-state index is 0.00626. The highest BCUT2D eigenvalue weighted by atomic mass is 15.2. The van der Waals surface area contributed by atoms with Crippen molar-refractivity contribution in [3.8, 4) is 0 Å². The molecule has 0 aromatic rings. The Balaban J connectivity index is 2.47. The SMILES string of the molecule is CCCC(C)(N)CN1CCC(CC)(CC)C1. The average molecular weight is 226 g/mol. The van der Waals surface area contributed by atoms with Crippen LogP contribution in [0.5, 0.6) is 0 Å². The molecule has 1 saturated heterocycles. The lowest BCUT2D eigenvalue weighted by atomic mass is 9.82. The first-order valence-electron chi connectivity index (χ1n) is 6.98. The van der Waals surface area contributed by atoms with Crippen LogP contribution in [0.1, 0.15) is 59.8 Å². The summed E-state index contributed by atoms with van der Waals surface area (Å²) in [5.74, 6) is 0. The summed E-state index contributed by atoms with van der Waals surface area (Å²) in [7, 11) is 0. The lowest BCUT2D eigenvalue weighted by Crippen LogP contribution is -2.47. The van der Waals surface area contributed by atoms with Crippen molar-refractivity contribution in [2.24, 2.45) is 11.1 Å². The Bertz CT molecular complexity index is 207. The van der Waals surface area contributed by atoms with Gasteiger partial charge in [-0.3, -0.25) is 0 Å². The second-order valence-electron chi connectivity index (χ2n) is 6.07. The first-order chi connectivity index (χ1) is 7.47. The molecular formula is C14H30N2. The van der Waals surface area contributed by atoms with E-state index in [-0.39, 0.29) is 5.54 Å². The highest BCUT2D eigenvalue weighted by molar-refractivity contribution is 4.92. The summed E-state index contributed by atoms with van der Waals surface area (Å²) in [5, 5.41) is 0. The minimum atomic E-state index is 0.00626. The third-order valence-corrected chi connectivity index (χ3v) is 4.42. The highest BCUT2D eigenvalue weighted by Gasteiger charge is 2.36. The molecule has 1 heterocycles. The smallest absolute Gasteiger partial charge is 0.0254 e. The van der Waals surface area contributed by atoms with Gasteiger partial charge >= 0.3 is 0 Å². The van der Waals surface area contributed by atoms with Crippen LogP contribution in [0, 0.1) is 5.41 Å². The van der Waals surface area contributed by atoms with Crippen molar-refractivity contribution in [1.29, 1.82) is 0 Å². The maximum atomic E-state index is 6.34. The Kier molecular flexibility index (Phi) is 4.81. The van der Waals surface area contributed by atoms with Crippen molar-refractivity contribution in [1.82, 2.24) is 4.90 Å². The zero-order chi connectivity index (χ0) is 12.2. The maximum absolute atomic E-state index is 6.34. The molecule has 1 unspecified atom stereocenters. The minimum Gasteiger partial charge on any atom is -0.324 e. The van der Waals surface area contributed by atoms with Crippen LogP contribution in [0.15, 0.2) is 0 Å². The Morgan fingerprint density at radius 2 is 1.88 bits per heavy atom. The molecule has 0 aromatic carbocycles. The number of nitrogens with zero attached hydrogens (tertiary/aromatic N) is 1. The molecule has 1 aliphatic heterocycles. The number of hydrogen-bond donors (Lipinski definition) is 1. The molecule has 16 heavy (non-hydrogen) atoms. The van der Waals surface area contributed by atoms with E-state index in [1.807, 2.05) is 0 Å². The molecule has 0 aromatic heterocycles. The zero-order valence-electron chi connectivity index (χ0n) is 11.7. The fourth-order valence-corrected chi connectivity index (χ4v) is 3.15. The van der Waals surface area contributed by atoms with Crippen LogP contribution in [0.25, 0.3) is 0 Å². The summed E-state index contributed by atoms with van der Waals surface area (Å²) in [6.45, 7) is 12.7. The van der Waals surface area contributed by atoms with Crippen molar-refractivity contribution in [2.75, 3.05) is 19.6 Å². The second kappa shape index (κ2) is 5.50. The normalized spacial score (nSPS) is 24.6. The molecule has 0 saturated carbocycles. The topological polar surface area (TPSA) is 29.3 Å². The van der Waals surface area contributed by atoms with E-state index in [4.69, 9.17) is 5.73 Å². The molecule has 0 bridgehead atoms. The van der Waals surface area contributed by atoms with Crippen LogP contribution in [0.3, 0.4) is 0 Å². The Morgan fingerprint density at radius 3 is 2.31 bits per heavy atom. The quantitative estimate of drug-likeness (QED) is 0.754. The van der Waals surface area contributed by atoms with Gasteiger partial charge in [0.15, 0.2) is 0 Å².